The number of nitrogens with two attached hydrogens (primary N) is 1. The van der Waals surface area contributed by atoms with Crippen LogP contribution in [0.2, 0.25) is 0 Å². The van der Waals surface area contributed by atoms with E-state index in [0.717, 1.165) is 12.8 Å². The molecular formula is C14H19F2NO. The fraction of sp³-hybridized carbons (Fsp3) is 0.571. The molecule has 4 heteroatoms. The molecule has 0 unspecified atom stereocenters. The van der Waals surface area contributed by atoms with Crippen molar-refractivity contribution >= 4 is 0 Å². The van der Waals surface area contributed by atoms with Crippen molar-refractivity contribution in [1.82, 2.24) is 0 Å². The van der Waals surface area contributed by atoms with Crippen molar-refractivity contribution in [3.63, 3.8) is 0 Å². The molecule has 2 nitrogen and oxygen atoms in total. The van der Waals surface area contributed by atoms with E-state index in [1.54, 1.807) is 18.2 Å². The Morgan fingerprint density at radius 3 is 2.44 bits per heavy atom. The molecule has 1 aliphatic carbocycles. The van der Waals surface area contributed by atoms with Gasteiger partial charge in [0.25, 0.3) is 5.92 Å². The maximum Gasteiger partial charge on any atom is 0.283 e. The van der Waals surface area contributed by atoms with Gasteiger partial charge < -0.3 is 10.5 Å². The molecule has 18 heavy (non-hydrogen) atoms. The Labute approximate surface area is 106 Å². The monoisotopic (exact) mass is 255 g/mol. The highest BCUT2D eigenvalue weighted by molar-refractivity contribution is 5.38. The third-order valence-electron chi connectivity index (χ3n) is 4.06. The average molecular weight is 255 g/mol. The summed E-state index contributed by atoms with van der Waals surface area (Å²) in [6.45, 7) is 0.0120. The molecule has 1 aliphatic rings. The first-order chi connectivity index (χ1) is 8.57. The van der Waals surface area contributed by atoms with Crippen LogP contribution in [0.5, 0.6) is 5.75 Å². The number of alkyl halides is 2. The molecule has 0 aliphatic heterocycles. The third kappa shape index (κ3) is 1.88. The highest BCUT2D eigenvalue weighted by atomic mass is 19.3. The standard InChI is InChI=1S/C14H19F2NO/c1-18-12-7-3-2-6-11(12)14(15,16)13(10-17)8-4-5-9-13/h2-3,6-7H,4-5,8-10,17H2,1H3. The van der Waals surface area contributed by atoms with Gasteiger partial charge in [0.15, 0.2) is 0 Å². The Bertz CT molecular complexity index is 414. The van der Waals surface area contributed by atoms with Crippen molar-refractivity contribution in [1.29, 1.82) is 0 Å². The predicted molar refractivity (Wildman–Crippen MR) is 66.8 cm³/mol. The van der Waals surface area contributed by atoms with Crippen LogP contribution < -0.4 is 10.5 Å². The summed E-state index contributed by atoms with van der Waals surface area (Å²) >= 11 is 0. The van der Waals surface area contributed by atoms with E-state index in [1.807, 2.05) is 0 Å². The van der Waals surface area contributed by atoms with Crippen LogP contribution >= 0.6 is 0 Å². The van der Waals surface area contributed by atoms with Crippen LogP contribution in [-0.2, 0) is 5.92 Å². The number of hydrogen-bond donors (Lipinski definition) is 1. The molecule has 0 bridgehead atoms. The maximum atomic E-state index is 14.8. The van der Waals surface area contributed by atoms with Gasteiger partial charge in [-0.2, -0.15) is 0 Å². The van der Waals surface area contributed by atoms with Crippen LogP contribution in [0.4, 0.5) is 8.78 Å². The Hall–Kier alpha value is -1.16. The van der Waals surface area contributed by atoms with Crippen LogP contribution in [0.15, 0.2) is 24.3 Å². The van der Waals surface area contributed by atoms with Gasteiger partial charge in [-0.1, -0.05) is 25.0 Å². The van der Waals surface area contributed by atoms with Gasteiger partial charge in [0.2, 0.25) is 0 Å². The number of benzene rings is 1. The zero-order valence-corrected chi connectivity index (χ0v) is 10.6. The summed E-state index contributed by atoms with van der Waals surface area (Å²) in [7, 11) is 1.42. The van der Waals surface area contributed by atoms with Gasteiger partial charge in [0, 0.05) is 6.54 Å². The Kier molecular flexibility index (Phi) is 3.57. The molecule has 0 spiro atoms. The normalized spacial score (nSPS) is 18.9. The van der Waals surface area contributed by atoms with E-state index in [4.69, 9.17) is 10.5 Å². The van der Waals surface area contributed by atoms with Crippen molar-refractivity contribution < 1.29 is 13.5 Å². The fourth-order valence-corrected chi connectivity index (χ4v) is 2.89. The largest absolute Gasteiger partial charge is 0.496 e. The van der Waals surface area contributed by atoms with Crippen molar-refractivity contribution in [2.45, 2.75) is 31.6 Å². The summed E-state index contributed by atoms with van der Waals surface area (Å²) < 4.78 is 34.7. The summed E-state index contributed by atoms with van der Waals surface area (Å²) in [4.78, 5) is 0. The molecule has 0 radical (unpaired) electrons. The van der Waals surface area contributed by atoms with E-state index in [9.17, 15) is 8.78 Å². The van der Waals surface area contributed by atoms with Gasteiger partial charge >= 0.3 is 0 Å². The predicted octanol–water partition coefficient (Wildman–Crippen LogP) is 3.31. The van der Waals surface area contributed by atoms with Crippen LogP contribution in [0.3, 0.4) is 0 Å². The highest BCUT2D eigenvalue weighted by Crippen LogP contribution is 2.55. The van der Waals surface area contributed by atoms with Gasteiger partial charge in [-0.25, -0.2) is 8.78 Å². The highest BCUT2D eigenvalue weighted by Gasteiger charge is 2.55. The Balaban J connectivity index is 2.46. The first kappa shape index (κ1) is 13.3. The van der Waals surface area contributed by atoms with Crippen molar-refractivity contribution in [2.24, 2.45) is 11.1 Å². The van der Waals surface area contributed by atoms with Gasteiger partial charge in [-0.3, -0.25) is 0 Å². The lowest BCUT2D eigenvalue weighted by Crippen LogP contribution is -2.43. The zero-order valence-electron chi connectivity index (χ0n) is 10.6. The van der Waals surface area contributed by atoms with Crippen molar-refractivity contribution in [2.75, 3.05) is 13.7 Å². The van der Waals surface area contributed by atoms with Gasteiger partial charge in [0.05, 0.1) is 18.1 Å². The van der Waals surface area contributed by atoms with E-state index >= 15 is 0 Å². The second kappa shape index (κ2) is 4.84. The zero-order chi connectivity index (χ0) is 13.2. The van der Waals surface area contributed by atoms with Crippen LogP contribution in [0.25, 0.3) is 0 Å². The quantitative estimate of drug-likeness (QED) is 0.895. The summed E-state index contributed by atoms with van der Waals surface area (Å²) in [5.74, 6) is -2.70. The van der Waals surface area contributed by atoms with Crippen LogP contribution in [-0.4, -0.2) is 13.7 Å². The smallest absolute Gasteiger partial charge is 0.283 e. The topological polar surface area (TPSA) is 35.2 Å². The third-order valence-corrected chi connectivity index (χ3v) is 4.06. The lowest BCUT2D eigenvalue weighted by atomic mass is 9.76. The number of halogens is 2. The summed E-state index contributed by atoms with van der Waals surface area (Å²) in [5, 5.41) is 0. The minimum Gasteiger partial charge on any atom is -0.496 e. The molecule has 0 saturated heterocycles. The number of para-hydroxylation sites is 1. The van der Waals surface area contributed by atoms with Crippen LogP contribution in [0, 0.1) is 5.41 Å². The van der Waals surface area contributed by atoms with Gasteiger partial charge in [0.1, 0.15) is 5.75 Å². The molecule has 1 aromatic carbocycles. The van der Waals surface area contributed by atoms with Gasteiger partial charge in [-0.05, 0) is 25.0 Å². The Morgan fingerprint density at radius 1 is 1.28 bits per heavy atom. The second-order valence-corrected chi connectivity index (χ2v) is 4.97. The molecule has 1 fully saturated rings. The summed E-state index contributed by atoms with van der Waals surface area (Å²) in [5.41, 5.74) is 4.51. The second-order valence-electron chi connectivity index (χ2n) is 4.97. The molecule has 0 aromatic heterocycles. The molecule has 0 atom stereocenters. The van der Waals surface area contributed by atoms with E-state index in [2.05, 4.69) is 0 Å². The SMILES string of the molecule is COc1ccccc1C(F)(F)C1(CN)CCCC1. The summed E-state index contributed by atoms with van der Waals surface area (Å²) in [6, 6.07) is 6.32. The average Bonchev–Trinajstić information content (AvgIpc) is 2.89. The Morgan fingerprint density at radius 2 is 1.89 bits per heavy atom. The van der Waals surface area contributed by atoms with E-state index in [-0.39, 0.29) is 17.9 Å². The van der Waals surface area contributed by atoms with Gasteiger partial charge in [-0.15, -0.1) is 0 Å². The van der Waals surface area contributed by atoms with Crippen molar-refractivity contribution in [3.8, 4) is 5.75 Å². The van der Waals surface area contributed by atoms with Crippen LogP contribution in [0.1, 0.15) is 31.2 Å². The van der Waals surface area contributed by atoms with E-state index in [1.165, 1.54) is 13.2 Å². The number of ether oxygens (including phenoxy) is 1. The van der Waals surface area contributed by atoms with Crippen molar-refractivity contribution in [3.05, 3.63) is 29.8 Å². The molecule has 0 amide bonds. The number of methoxy groups -OCH3 is 1. The molecule has 2 rings (SSSR count). The van der Waals surface area contributed by atoms with E-state index in [0.29, 0.717) is 12.8 Å². The number of hydrogen-bond acceptors (Lipinski definition) is 2. The molecule has 100 valence electrons. The maximum absolute atomic E-state index is 14.8. The molecular weight excluding hydrogens is 236 g/mol. The molecule has 1 saturated carbocycles. The molecule has 1 aromatic rings. The first-order valence-electron chi connectivity index (χ1n) is 6.29. The lowest BCUT2D eigenvalue weighted by molar-refractivity contribution is -0.125. The minimum atomic E-state index is -2.94. The fourth-order valence-electron chi connectivity index (χ4n) is 2.89. The number of rotatable bonds is 4. The first-order valence-corrected chi connectivity index (χ1v) is 6.29. The molecule has 2 N–H and O–H groups in total. The molecule has 0 heterocycles. The lowest BCUT2D eigenvalue weighted by Gasteiger charge is -2.37. The summed E-state index contributed by atoms with van der Waals surface area (Å²) in [6.07, 6.45) is 2.60. The van der Waals surface area contributed by atoms with E-state index < -0.39 is 11.3 Å². The minimum absolute atomic E-state index is 0.0120.